The van der Waals surface area contributed by atoms with Crippen LogP contribution in [0.3, 0.4) is 0 Å². The van der Waals surface area contributed by atoms with Crippen LogP contribution in [-0.2, 0) is 28.7 Å². The minimum absolute atomic E-state index is 0.126. The van der Waals surface area contributed by atoms with E-state index in [4.69, 9.17) is 4.74 Å². The van der Waals surface area contributed by atoms with E-state index in [0.29, 0.717) is 19.3 Å². The summed E-state index contributed by atoms with van der Waals surface area (Å²) in [5.41, 5.74) is 0. The number of alkyl halides is 4. The molecule has 3 heterocycles. The second-order valence-corrected chi connectivity index (χ2v) is 9.99. The molecule has 0 spiro atoms. The fourth-order valence-corrected chi connectivity index (χ4v) is 6.49. The fourth-order valence-electron chi connectivity index (χ4n) is 5.57. The topological polar surface area (TPSA) is 90.0 Å². The lowest BCUT2D eigenvalue weighted by atomic mass is 9.84. The van der Waals surface area contributed by atoms with E-state index in [-0.39, 0.29) is 17.4 Å². The Morgan fingerprint density at radius 1 is 1.00 bits per heavy atom. The third kappa shape index (κ3) is 2.39. The van der Waals surface area contributed by atoms with E-state index >= 15 is 0 Å². The first kappa shape index (κ1) is 19.4. The van der Waals surface area contributed by atoms with Crippen molar-refractivity contribution in [3.05, 3.63) is 12.2 Å². The predicted octanol–water partition coefficient (Wildman–Crippen LogP) is 1.85. The van der Waals surface area contributed by atoms with Crippen molar-refractivity contribution < 1.29 is 44.6 Å². The van der Waals surface area contributed by atoms with Gasteiger partial charge in [0, 0.05) is 5.92 Å². The van der Waals surface area contributed by atoms with E-state index in [0.717, 1.165) is 0 Å². The molecule has 7 unspecified atom stereocenters. The first-order chi connectivity index (χ1) is 13.5. The van der Waals surface area contributed by atoms with Crippen molar-refractivity contribution in [3.63, 3.8) is 0 Å². The van der Waals surface area contributed by atoms with E-state index in [1.807, 2.05) is 0 Å². The van der Waals surface area contributed by atoms with Crippen LogP contribution >= 0.6 is 0 Å². The van der Waals surface area contributed by atoms with Gasteiger partial charge in [-0.15, -0.1) is 9.35 Å². The molecule has 7 atom stereocenters. The quantitative estimate of drug-likeness (QED) is 0.369. The van der Waals surface area contributed by atoms with Crippen molar-refractivity contribution in [2.24, 2.45) is 29.6 Å². The van der Waals surface area contributed by atoms with E-state index in [2.05, 4.69) is 4.28 Å². The van der Waals surface area contributed by atoms with Crippen LogP contribution in [0.25, 0.3) is 0 Å². The summed E-state index contributed by atoms with van der Waals surface area (Å²) in [5, 5.41) is -5.91. The highest BCUT2D eigenvalue weighted by Crippen LogP contribution is 2.58. The summed E-state index contributed by atoms with van der Waals surface area (Å²) in [5.74, 6) is -12.1. The fraction of sp³-hybridized carbons (Fsp3) is 0.765. The maximum Gasteiger partial charge on any atom is 0.433 e. The molecule has 12 heteroatoms. The SMILES string of the molecule is O=C1C2C3C=CC(O3)C2C(=O)N1OS(=O)(=O)C(F)(F)C(F)(F)C1CC2CCC1C2. The Balaban J connectivity index is 1.39. The first-order valence-electron chi connectivity index (χ1n) is 9.37. The molecule has 0 aromatic rings. The lowest BCUT2D eigenvalue weighted by molar-refractivity contribution is -0.209. The Bertz CT molecular complexity index is 891. The van der Waals surface area contributed by atoms with Crippen molar-refractivity contribution >= 4 is 21.9 Å². The number of amides is 2. The Kier molecular flexibility index (Phi) is 3.88. The summed E-state index contributed by atoms with van der Waals surface area (Å²) in [6.45, 7) is 0. The molecular formula is C17H17F4NO6S. The molecule has 7 nitrogen and oxygen atoms in total. The summed E-state index contributed by atoms with van der Waals surface area (Å²) in [6.07, 6.45) is 2.52. The van der Waals surface area contributed by atoms with Gasteiger partial charge < -0.3 is 4.74 Å². The van der Waals surface area contributed by atoms with Crippen LogP contribution in [0.4, 0.5) is 17.6 Å². The minimum atomic E-state index is -6.33. The molecular weight excluding hydrogens is 422 g/mol. The zero-order chi connectivity index (χ0) is 20.9. The van der Waals surface area contributed by atoms with Crippen molar-refractivity contribution in [1.29, 1.82) is 0 Å². The zero-order valence-electron chi connectivity index (χ0n) is 14.8. The molecule has 0 N–H and O–H groups in total. The average molecular weight is 439 g/mol. The molecule has 2 saturated carbocycles. The Morgan fingerprint density at radius 2 is 1.59 bits per heavy atom. The number of halogens is 4. The van der Waals surface area contributed by atoms with Gasteiger partial charge in [0.05, 0.1) is 24.0 Å². The van der Waals surface area contributed by atoms with Gasteiger partial charge >= 0.3 is 21.3 Å². The lowest BCUT2D eigenvalue weighted by Gasteiger charge is -2.34. The van der Waals surface area contributed by atoms with Crippen molar-refractivity contribution in [2.75, 3.05) is 0 Å². The maximum absolute atomic E-state index is 14.7. The van der Waals surface area contributed by atoms with E-state index in [9.17, 15) is 35.6 Å². The van der Waals surface area contributed by atoms with Gasteiger partial charge in [-0.2, -0.15) is 26.0 Å². The number of carbonyl (C=O) groups excluding carboxylic acids is 2. The number of hydroxylamine groups is 2. The number of nitrogens with zero attached hydrogens (tertiary/aromatic N) is 1. The Labute approximate surface area is 163 Å². The van der Waals surface area contributed by atoms with Gasteiger partial charge in [-0.3, -0.25) is 9.59 Å². The predicted molar refractivity (Wildman–Crippen MR) is 85.5 cm³/mol. The van der Waals surface area contributed by atoms with Gasteiger partial charge in [0.2, 0.25) is 0 Å². The van der Waals surface area contributed by atoms with Gasteiger partial charge in [0.25, 0.3) is 11.8 Å². The second kappa shape index (κ2) is 5.79. The monoisotopic (exact) mass is 439 g/mol. The molecule has 4 bridgehead atoms. The molecule has 5 aliphatic rings. The number of hydrogen-bond donors (Lipinski definition) is 0. The van der Waals surface area contributed by atoms with Gasteiger partial charge in [-0.1, -0.05) is 18.6 Å². The number of carbonyl (C=O) groups is 2. The molecule has 3 aliphatic heterocycles. The van der Waals surface area contributed by atoms with Crippen LogP contribution in [0.1, 0.15) is 25.7 Å². The average Bonchev–Trinajstić information content (AvgIpc) is 3.45. The molecule has 4 fully saturated rings. The molecule has 2 aliphatic carbocycles. The van der Waals surface area contributed by atoms with Gasteiger partial charge in [0.15, 0.2) is 0 Å². The summed E-state index contributed by atoms with van der Waals surface area (Å²) in [4.78, 5) is 24.7. The number of rotatable bonds is 5. The van der Waals surface area contributed by atoms with E-state index in [1.54, 1.807) is 0 Å². The minimum Gasteiger partial charge on any atom is -0.365 e. The Morgan fingerprint density at radius 3 is 2.07 bits per heavy atom. The Hall–Kier alpha value is -1.53. The number of hydrogen-bond acceptors (Lipinski definition) is 6. The van der Waals surface area contributed by atoms with E-state index < -0.39 is 69.0 Å². The molecule has 0 aromatic carbocycles. The molecule has 2 saturated heterocycles. The summed E-state index contributed by atoms with van der Waals surface area (Å²) in [7, 11) is -6.33. The highest BCUT2D eigenvalue weighted by molar-refractivity contribution is 7.87. The number of fused-ring (bicyclic) bond motifs is 7. The van der Waals surface area contributed by atoms with Crippen molar-refractivity contribution in [1.82, 2.24) is 5.06 Å². The van der Waals surface area contributed by atoms with Crippen LogP contribution in [0.5, 0.6) is 0 Å². The molecule has 2 amide bonds. The maximum atomic E-state index is 14.7. The summed E-state index contributed by atoms with van der Waals surface area (Å²) in [6, 6.07) is 0. The van der Waals surface area contributed by atoms with Crippen molar-refractivity contribution in [2.45, 2.75) is 49.1 Å². The number of imide groups is 1. The smallest absolute Gasteiger partial charge is 0.365 e. The normalized spacial score (nSPS) is 41.1. The summed E-state index contributed by atoms with van der Waals surface area (Å²) >= 11 is 0. The van der Waals surface area contributed by atoms with Crippen LogP contribution in [0.15, 0.2) is 12.2 Å². The second-order valence-electron chi connectivity index (χ2n) is 8.42. The van der Waals surface area contributed by atoms with Crippen LogP contribution < -0.4 is 0 Å². The molecule has 29 heavy (non-hydrogen) atoms. The van der Waals surface area contributed by atoms with Crippen molar-refractivity contribution in [3.8, 4) is 0 Å². The van der Waals surface area contributed by atoms with E-state index in [1.165, 1.54) is 12.2 Å². The van der Waals surface area contributed by atoms with Crippen LogP contribution in [0, 0.1) is 29.6 Å². The molecule has 0 radical (unpaired) electrons. The zero-order valence-corrected chi connectivity index (χ0v) is 15.7. The lowest BCUT2D eigenvalue weighted by Crippen LogP contribution is -2.55. The largest absolute Gasteiger partial charge is 0.433 e. The number of ether oxygens (including phenoxy) is 1. The molecule has 160 valence electrons. The third-order valence-corrected chi connectivity index (χ3v) is 8.19. The molecule has 5 rings (SSSR count). The molecule has 0 aromatic heterocycles. The van der Waals surface area contributed by atoms with Crippen LogP contribution in [-0.4, -0.2) is 48.7 Å². The standard InChI is InChI=1S/C17H17F4NO6S/c18-16(19,9-6-7-1-2-8(9)5-7)17(20,21)29(25,26)28-22-14(23)12-10-3-4-11(27-10)13(12)15(22)24/h3-4,7-13H,1-2,5-6H2. The van der Waals surface area contributed by atoms with Crippen LogP contribution in [0.2, 0.25) is 0 Å². The first-order valence-corrected chi connectivity index (χ1v) is 10.8. The highest BCUT2D eigenvalue weighted by atomic mass is 32.2. The summed E-state index contributed by atoms with van der Waals surface area (Å²) < 4.78 is 92.2. The van der Waals surface area contributed by atoms with Gasteiger partial charge in [-0.05, 0) is 31.1 Å². The van der Waals surface area contributed by atoms with Gasteiger partial charge in [0.1, 0.15) is 0 Å². The highest BCUT2D eigenvalue weighted by Gasteiger charge is 2.73. The third-order valence-electron chi connectivity index (χ3n) is 6.95. The van der Waals surface area contributed by atoms with Gasteiger partial charge in [-0.25, -0.2) is 0 Å².